The Bertz CT molecular complexity index is 424. The summed E-state index contributed by atoms with van der Waals surface area (Å²) in [5.41, 5.74) is 0.981. The quantitative estimate of drug-likeness (QED) is 0.573. The highest BCUT2D eigenvalue weighted by Gasteiger charge is 1.97. The van der Waals surface area contributed by atoms with Crippen LogP contribution in [0.15, 0.2) is 24.4 Å². The number of ether oxygens (including phenoxy) is 2. The normalized spacial score (nSPS) is 10.7. The van der Waals surface area contributed by atoms with Crippen molar-refractivity contribution in [1.82, 2.24) is 4.98 Å². The van der Waals surface area contributed by atoms with Gasteiger partial charge in [0.1, 0.15) is 5.75 Å². The molecule has 15 heavy (non-hydrogen) atoms. The largest absolute Gasteiger partial charge is 0.467 e. The molecule has 0 bridgehead atoms. The van der Waals surface area contributed by atoms with Gasteiger partial charge in [0.15, 0.2) is 6.79 Å². The summed E-state index contributed by atoms with van der Waals surface area (Å²) in [5, 5.41) is 9.51. The van der Waals surface area contributed by atoms with Crippen LogP contribution in [-0.4, -0.2) is 30.1 Å². The summed E-state index contributed by atoms with van der Waals surface area (Å²) in [6, 6.07) is 8.71. The fourth-order valence-corrected chi connectivity index (χ4v) is 1.28. The molecule has 1 aromatic heterocycles. The average molecular weight is 206 g/mol. The first-order chi connectivity index (χ1) is 7.40. The van der Waals surface area contributed by atoms with Crippen LogP contribution in [0.1, 0.15) is 0 Å². The second kappa shape index (κ2) is 4.82. The number of nitrogens with one attached hydrogen (secondary N) is 1. The standard InChI is InChI=1S/C11H12NO3/c13-5-6-14-8-15-10-2-1-9-3-4-12-11(9)7-10/h1-2,4,7,12-13H,5-6,8H2. The lowest BCUT2D eigenvalue weighted by Crippen LogP contribution is -2.06. The maximum absolute atomic E-state index is 8.49. The molecule has 0 saturated heterocycles. The van der Waals surface area contributed by atoms with Crippen LogP contribution in [0.3, 0.4) is 0 Å². The van der Waals surface area contributed by atoms with Gasteiger partial charge in [-0.3, -0.25) is 0 Å². The Kier molecular flexibility index (Phi) is 3.22. The van der Waals surface area contributed by atoms with E-state index in [9.17, 15) is 0 Å². The molecule has 0 amide bonds. The lowest BCUT2D eigenvalue weighted by atomic mass is 10.2. The highest BCUT2D eigenvalue weighted by molar-refractivity contribution is 5.79. The molecule has 1 radical (unpaired) electrons. The second-order valence-corrected chi connectivity index (χ2v) is 3.03. The minimum absolute atomic E-state index is 0.00792. The molecule has 2 N–H and O–H groups in total. The molecule has 0 atom stereocenters. The molecule has 0 saturated carbocycles. The highest BCUT2D eigenvalue weighted by Crippen LogP contribution is 2.18. The van der Waals surface area contributed by atoms with Gasteiger partial charge in [-0.2, -0.15) is 0 Å². The van der Waals surface area contributed by atoms with Crippen molar-refractivity contribution in [3.8, 4) is 5.75 Å². The molecule has 2 rings (SSSR count). The van der Waals surface area contributed by atoms with Crippen LogP contribution in [0.25, 0.3) is 10.9 Å². The van der Waals surface area contributed by atoms with Gasteiger partial charge in [-0.15, -0.1) is 0 Å². The van der Waals surface area contributed by atoms with Gasteiger partial charge >= 0.3 is 0 Å². The van der Waals surface area contributed by atoms with E-state index in [-0.39, 0.29) is 13.4 Å². The van der Waals surface area contributed by atoms with Crippen molar-refractivity contribution >= 4 is 10.9 Å². The molecule has 1 aromatic carbocycles. The fourth-order valence-electron chi connectivity index (χ4n) is 1.28. The predicted octanol–water partition coefficient (Wildman–Crippen LogP) is 1.31. The number of aliphatic hydroxyl groups excluding tert-OH is 1. The van der Waals surface area contributed by atoms with Crippen molar-refractivity contribution in [2.24, 2.45) is 0 Å². The summed E-state index contributed by atoms with van der Waals surface area (Å²) in [6.07, 6.45) is 1.76. The summed E-state index contributed by atoms with van der Waals surface area (Å²) in [4.78, 5) is 3.05. The van der Waals surface area contributed by atoms with E-state index in [2.05, 4.69) is 11.1 Å². The van der Waals surface area contributed by atoms with Crippen LogP contribution in [0.4, 0.5) is 0 Å². The third-order valence-corrected chi connectivity index (χ3v) is 1.99. The molecule has 1 heterocycles. The zero-order valence-corrected chi connectivity index (χ0v) is 8.19. The molecule has 2 aromatic rings. The van der Waals surface area contributed by atoms with Crippen LogP contribution in [0.5, 0.6) is 5.75 Å². The van der Waals surface area contributed by atoms with E-state index in [0.29, 0.717) is 6.61 Å². The molecule has 0 unspecified atom stereocenters. The van der Waals surface area contributed by atoms with E-state index in [1.807, 2.05) is 18.2 Å². The Morgan fingerprint density at radius 3 is 3.20 bits per heavy atom. The summed E-state index contributed by atoms with van der Waals surface area (Å²) >= 11 is 0. The molecular weight excluding hydrogens is 194 g/mol. The van der Waals surface area contributed by atoms with Crippen LogP contribution in [0, 0.1) is 6.07 Å². The van der Waals surface area contributed by atoms with Gasteiger partial charge in [0.05, 0.1) is 13.2 Å². The van der Waals surface area contributed by atoms with E-state index in [0.717, 1.165) is 16.7 Å². The van der Waals surface area contributed by atoms with E-state index in [4.69, 9.17) is 14.6 Å². The van der Waals surface area contributed by atoms with Crippen molar-refractivity contribution in [3.05, 3.63) is 30.5 Å². The van der Waals surface area contributed by atoms with Crippen LogP contribution in [-0.2, 0) is 4.74 Å². The van der Waals surface area contributed by atoms with E-state index in [1.165, 1.54) is 0 Å². The van der Waals surface area contributed by atoms with Gasteiger partial charge in [0.2, 0.25) is 0 Å². The number of H-pyrrole nitrogens is 1. The number of hydrogen-bond acceptors (Lipinski definition) is 3. The first-order valence-electron chi connectivity index (χ1n) is 4.70. The lowest BCUT2D eigenvalue weighted by molar-refractivity contribution is -0.000970. The molecule has 0 fully saturated rings. The number of rotatable bonds is 5. The zero-order chi connectivity index (χ0) is 10.5. The lowest BCUT2D eigenvalue weighted by Gasteiger charge is -2.05. The van der Waals surface area contributed by atoms with E-state index < -0.39 is 0 Å². The molecular formula is C11H12NO3. The van der Waals surface area contributed by atoms with Crippen molar-refractivity contribution in [3.63, 3.8) is 0 Å². The summed E-state index contributed by atoms with van der Waals surface area (Å²) in [5.74, 6) is 0.733. The minimum atomic E-state index is 0.00792. The van der Waals surface area contributed by atoms with Crippen LogP contribution >= 0.6 is 0 Å². The topological polar surface area (TPSA) is 54.5 Å². The molecule has 0 aliphatic rings. The molecule has 0 spiro atoms. The molecule has 4 nitrogen and oxygen atoms in total. The van der Waals surface area contributed by atoms with E-state index in [1.54, 1.807) is 6.20 Å². The molecule has 0 aliphatic carbocycles. The monoisotopic (exact) mass is 206 g/mol. The van der Waals surface area contributed by atoms with Crippen molar-refractivity contribution < 1.29 is 14.6 Å². The fraction of sp³-hybridized carbons (Fsp3) is 0.273. The third kappa shape index (κ3) is 2.49. The first kappa shape index (κ1) is 10.0. The van der Waals surface area contributed by atoms with Gasteiger partial charge in [0.25, 0.3) is 0 Å². The van der Waals surface area contributed by atoms with Crippen molar-refractivity contribution in [2.75, 3.05) is 20.0 Å². The van der Waals surface area contributed by atoms with Gasteiger partial charge in [-0.25, -0.2) is 0 Å². The molecule has 4 heteroatoms. The van der Waals surface area contributed by atoms with Gasteiger partial charge in [0, 0.05) is 29.2 Å². The number of aromatic amines is 1. The Labute approximate surface area is 87.4 Å². The SMILES string of the molecule is OCCOCOc1ccc2[c]c[nH]c2c1. The Hall–Kier alpha value is -1.52. The van der Waals surface area contributed by atoms with Crippen molar-refractivity contribution in [2.45, 2.75) is 0 Å². The molecule has 0 aliphatic heterocycles. The number of fused-ring (bicyclic) bond motifs is 1. The number of aromatic nitrogens is 1. The third-order valence-electron chi connectivity index (χ3n) is 1.99. The Morgan fingerprint density at radius 1 is 1.40 bits per heavy atom. The maximum atomic E-state index is 8.49. The summed E-state index contributed by atoms with van der Waals surface area (Å²) in [6.45, 7) is 0.447. The summed E-state index contributed by atoms with van der Waals surface area (Å²) < 4.78 is 10.3. The predicted molar refractivity (Wildman–Crippen MR) is 55.7 cm³/mol. The van der Waals surface area contributed by atoms with Crippen LogP contribution in [0.2, 0.25) is 0 Å². The smallest absolute Gasteiger partial charge is 0.189 e. The minimum Gasteiger partial charge on any atom is -0.467 e. The number of aliphatic hydroxyl groups is 1. The average Bonchev–Trinajstić information content (AvgIpc) is 2.71. The molecule has 79 valence electrons. The Morgan fingerprint density at radius 2 is 2.33 bits per heavy atom. The van der Waals surface area contributed by atoms with Crippen molar-refractivity contribution in [1.29, 1.82) is 0 Å². The number of hydrogen-bond donors (Lipinski definition) is 2. The zero-order valence-electron chi connectivity index (χ0n) is 8.19. The highest BCUT2D eigenvalue weighted by atomic mass is 16.7. The first-order valence-corrected chi connectivity index (χ1v) is 4.70. The van der Waals surface area contributed by atoms with Crippen LogP contribution < -0.4 is 4.74 Å². The van der Waals surface area contributed by atoms with Gasteiger partial charge in [-0.1, -0.05) is 0 Å². The Balaban J connectivity index is 1.96. The van der Waals surface area contributed by atoms with Gasteiger partial charge < -0.3 is 19.6 Å². The maximum Gasteiger partial charge on any atom is 0.189 e. The van der Waals surface area contributed by atoms with E-state index >= 15 is 0 Å². The second-order valence-electron chi connectivity index (χ2n) is 3.03. The van der Waals surface area contributed by atoms with Gasteiger partial charge in [-0.05, 0) is 12.1 Å². The number of benzene rings is 1. The summed E-state index contributed by atoms with van der Waals surface area (Å²) in [7, 11) is 0.